The molecule has 7 nitrogen and oxygen atoms in total. The van der Waals surface area contributed by atoms with Crippen LogP contribution in [-0.2, 0) is 16.4 Å². The summed E-state index contributed by atoms with van der Waals surface area (Å²) in [5.74, 6) is 0.819. The van der Waals surface area contributed by atoms with Crippen LogP contribution in [0, 0.1) is 6.92 Å². The van der Waals surface area contributed by atoms with E-state index in [0.29, 0.717) is 31.1 Å². The Labute approximate surface area is 183 Å². The van der Waals surface area contributed by atoms with Gasteiger partial charge in [0.25, 0.3) is 0 Å². The molecule has 2 heterocycles. The van der Waals surface area contributed by atoms with E-state index in [2.05, 4.69) is 23.6 Å². The van der Waals surface area contributed by atoms with E-state index in [0.717, 1.165) is 40.1 Å². The van der Waals surface area contributed by atoms with Gasteiger partial charge in [0.05, 0.1) is 22.8 Å². The largest absolute Gasteiger partial charge is 0.395 e. The molecule has 0 unspecified atom stereocenters. The Kier molecular flexibility index (Phi) is 6.41. The number of anilines is 2. The van der Waals surface area contributed by atoms with Gasteiger partial charge in [-0.15, -0.1) is 0 Å². The molecular weight excluding hydrogens is 412 g/mol. The second kappa shape index (κ2) is 9.21. The van der Waals surface area contributed by atoms with Gasteiger partial charge in [-0.2, -0.15) is 0 Å². The normalized spacial score (nSPS) is 15.5. The first kappa shape index (κ1) is 21.5. The number of aryl methyl sites for hydroxylation is 1. The van der Waals surface area contributed by atoms with E-state index in [9.17, 15) is 8.42 Å². The fourth-order valence-corrected chi connectivity index (χ4v) is 5.38. The highest BCUT2D eigenvalue weighted by Gasteiger charge is 2.26. The molecule has 1 aliphatic rings. The average molecular weight is 441 g/mol. The molecule has 0 atom stereocenters. The fourth-order valence-electron chi connectivity index (χ4n) is 3.88. The number of aliphatic hydroxyl groups excluding tert-OH is 1. The number of nitrogens with one attached hydrogen (secondary N) is 2. The summed E-state index contributed by atoms with van der Waals surface area (Å²) in [6.45, 7) is 5.03. The Morgan fingerprint density at radius 1 is 1.10 bits per heavy atom. The number of sulfone groups is 1. The molecule has 4 rings (SSSR count). The van der Waals surface area contributed by atoms with Crippen molar-refractivity contribution in [3.8, 4) is 0 Å². The van der Waals surface area contributed by atoms with E-state index < -0.39 is 9.84 Å². The van der Waals surface area contributed by atoms with Crippen LogP contribution >= 0.6 is 0 Å². The minimum Gasteiger partial charge on any atom is -0.395 e. The van der Waals surface area contributed by atoms with Crippen molar-refractivity contribution < 1.29 is 13.5 Å². The van der Waals surface area contributed by atoms with Gasteiger partial charge < -0.3 is 20.6 Å². The van der Waals surface area contributed by atoms with Gasteiger partial charge in [-0.3, -0.25) is 0 Å². The van der Waals surface area contributed by atoms with E-state index >= 15 is 0 Å². The number of hydrogen-bond donors (Lipinski definition) is 3. The van der Waals surface area contributed by atoms with E-state index in [1.54, 1.807) is 12.1 Å². The highest BCUT2D eigenvalue weighted by molar-refractivity contribution is 7.91. The van der Waals surface area contributed by atoms with Crippen molar-refractivity contribution in [2.24, 2.45) is 0 Å². The van der Waals surface area contributed by atoms with Crippen LogP contribution in [0.3, 0.4) is 0 Å². The fraction of sp³-hybridized carbons (Fsp3) is 0.348. The predicted molar refractivity (Wildman–Crippen MR) is 124 cm³/mol. The Hall–Kier alpha value is -2.68. The van der Waals surface area contributed by atoms with Crippen LogP contribution in [0.2, 0.25) is 0 Å². The van der Waals surface area contributed by atoms with Gasteiger partial charge in [0.1, 0.15) is 5.82 Å². The number of rotatable bonds is 7. The van der Waals surface area contributed by atoms with Crippen LogP contribution in [0.1, 0.15) is 11.1 Å². The van der Waals surface area contributed by atoms with Gasteiger partial charge in [-0.05, 0) is 30.7 Å². The second-order valence-electron chi connectivity index (χ2n) is 7.80. The quantitative estimate of drug-likeness (QED) is 0.486. The van der Waals surface area contributed by atoms with E-state index in [1.807, 2.05) is 35.2 Å². The molecule has 8 heteroatoms. The van der Waals surface area contributed by atoms with Gasteiger partial charge in [0.15, 0.2) is 9.84 Å². The van der Waals surface area contributed by atoms with Crippen LogP contribution in [0.5, 0.6) is 0 Å². The first-order valence-electron chi connectivity index (χ1n) is 10.5. The minimum absolute atomic E-state index is 0.0610. The number of fused-ring (bicyclic) bond motifs is 2. The van der Waals surface area contributed by atoms with E-state index in [1.165, 1.54) is 0 Å². The molecule has 1 aliphatic heterocycles. The first-order valence-corrected chi connectivity index (χ1v) is 12.2. The molecule has 31 heavy (non-hydrogen) atoms. The monoisotopic (exact) mass is 440 g/mol. The number of benzene rings is 2. The topological polar surface area (TPSA) is 94.6 Å². The number of nitrogens with zero attached hydrogens (tertiary/aromatic N) is 2. The zero-order valence-electron chi connectivity index (χ0n) is 17.6. The van der Waals surface area contributed by atoms with Crippen molar-refractivity contribution in [2.75, 3.05) is 48.8 Å². The molecule has 164 valence electrons. The molecule has 0 bridgehead atoms. The van der Waals surface area contributed by atoms with E-state index in [-0.39, 0.29) is 12.4 Å². The third kappa shape index (κ3) is 4.81. The summed E-state index contributed by atoms with van der Waals surface area (Å²) in [6.07, 6.45) is 0. The Bertz CT molecular complexity index is 1180. The molecule has 3 aromatic rings. The summed E-state index contributed by atoms with van der Waals surface area (Å²) in [4.78, 5) is 7.32. The van der Waals surface area contributed by atoms with Crippen LogP contribution in [-0.4, -0.2) is 57.0 Å². The summed E-state index contributed by atoms with van der Waals surface area (Å²) in [5.41, 5.74) is 3.79. The number of hydrogen-bond acceptors (Lipinski definition) is 7. The summed E-state index contributed by atoms with van der Waals surface area (Å²) >= 11 is 0. The maximum atomic E-state index is 12.7. The SMILES string of the molecule is Cc1ccc2nc(N3CCS(=O)(=O)c4ccccc4C3)cc(NCCNCCO)c2c1. The highest BCUT2D eigenvalue weighted by atomic mass is 32.2. The standard InChI is InChI=1S/C23H28N4O3S/c1-17-6-7-20-19(14-17)21(25-9-8-24-10-12-28)15-23(26-20)27-11-13-31(29,30)22-5-3-2-4-18(22)16-27/h2-7,14-15,24,28H,8-13,16H2,1H3,(H,25,26). The summed E-state index contributed by atoms with van der Waals surface area (Å²) in [7, 11) is -3.31. The minimum atomic E-state index is -3.31. The third-order valence-electron chi connectivity index (χ3n) is 5.48. The molecule has 0 amide bonds. The van der Waals surface area contributed by atoms with Crippen molar-refractivity contribution in [3.05, 3.63) is 59.7 Å². The zero-order valence-corrected chi connectivity index (χ0v) is 18.5. The molecule has 0 spiro atoms. The lowest BCUT2D eigenvalue weighted by molar-refractivity contribution is 0.293. The Morgan fingerprint density at radius 2 is 1.94 bits per heavy atom. The van der Waals surface area contributed by atoms with Crippen LogP contribution in [0.25, 0.3) is 10.9 Å². The van der Waals surface area contributed by atoms with Crippen LogP contribution in [0.15, 0.2) is 53.4 Å². The smallest absolute Gasteiger partial charge is 0.180 e. The molecule has 0 fully saturated rings. The van der Waals surface area contributed by atoms with Gasteiger partial charge in [0.2, 0.25) is 0 Å². The number of aromatic nitrogens is 1. The Morgan fingerprint density at radius 3 is 2.77 bits per heavy atom. The maximum absolute atomic E-state index is 12.7. The maximum Gasteiger partial charge on any atom is 0.180 e. The van der Waals surface area contributed by atoms with Crippen LogP contribution in [0.4, 0.5) is 11.5 Å². The molecule has 2 aromatic carbocycles. The molecule has 0 aliphatic carbocycles. The van der Waals surface area contributed by atoms with Gasteiger partial charge in [0, 0.05) is 49.9 Å². The number of pyridine rings is 1. The van der Waals surface area contributed by atoms with Gasteiger partial charge >= 0.3 is 0 Å². The molecule has 1 aromatic heterocycles. The lowest BCUT2D eigenvalue weighted by Gasteiger charge is -2.23. The summed E-state index contributed by atoms with van der Waals surface area (Å²) in [6, 6.07) is 15.4. The molecule has 0 saturated heterocycles. The predicted octanol–water partition coefficient (Wildman–Crippen LogP) is 2.33. The summed E-state index contributed by atoms with van der Waals surface area (Å²) < 4.78 is 25.5. The average Bonchev–Trinajstić information content (AvgIpc) is 2.90. The van der Waals surface area contributed by atoms with Crippen molar-refractivity contribution in [3.63, 3.8) is 0 Å². The Balaban J connectivity index is 1.68. The van der Waals surface area contributed by atoms with Gasteiger partial charge in [-0.1, -0.05) is 29.8 Å². The number of aliphatic hydroxyl groups is 1. The molecule has 0 radical (unpaired) electrons. The molecular formula is C23H28N4O3S. The second-order valence-corrected chi connectivity index (χ2v) is 9.87. The summed E-state index contributed by atoms with van der Waals surface area (Å²) in [5, 5.41) is 16.6. The van der Waals surface area contributed by atoms with Crippen molar-refractivity contribution in [1.82, 2.24) is 10.3 Å². The van der Waals surface area contributed by atoms with Crippen molar-refractivity contribution in [1.29, 1.82) is 0 Å². The molecule has 0 saturated carbocycles. The lowest BCUT2D eigenvalue weighted by atomic mass is 10.1. The molecule has 3 N–H and O–H groups in total. The van der Waals surface area contributed by atoms with E-state index in [4.69, 9.17) is 10.1 Å². The highest BCUT2D eigenvalue weighted by Crippen LogP contribution is 2.31. The van der Waals surface area contributed by atoms with Gasteiger partial charge in [-0.25, -0.2) is 13.4 Å². The van der Waals surface area contributed by atoms with Crippen LogP contribution < -0.4 is 15.5 Å². The van der Waals surface area contributed by atoms with Crippen molar-refractivity contribution >= 4 is 32.2 Å². The zero-order chi connectivity index (χ0) is 21.8. The lowest BCUT2D eigenvalue weighted by Crippen LogP contribution is -2.27. The third-order valence-corrected chi connectivity index (χ3v) is 7.27. The first-order chi connectivity index (χ1) is 15.0. The van der Waals surface area contributed by atoms with Crippen molar-refractivity contribution in [2.45, 2.75) is 18.4 Å².